The summed E-state index contributed by atoms with van der Waals surface area (Å²) in [6, 6.07) is 13.3. The Kier molecular flexibility index (Phi) is 8.73. The van der Waals surface area contributed by atoms with Crippen molar-refractivity contribution >= 4 is 27.2 Å². The zero-order valence-electron chi connectivity index (χ0n) is 17.2. The second-order valence-electron chi connectivity index (χ2n) is 6.70. The maximum absolute atomic E-state index is 12.4. The van der Waals surface area contributed by atoms with Gasteiger partial charge in [-0.2, -0.15) is 10.2 Å². The number of ether oxygens (including phenoxy) is 2. The van der Waals surface area contributed by atoms with Crippen LogP contribution in [0.2, 0.25) is 0 Å². The Hall–Kier alpha value is -3.00. The van der Waals surface area contributed by atoms with Gasteiger partial charge in [0, 0.05) is 6.08 Å². The highest BCUT2D eigenvalue weighted by molar-refractivity contribution is 7.91. The first kappa shape index (κ1) is 23.3. The molecule has 0 fully saturated rings. The van der Waals surface area contributed by atoms with E-state index in [1.165, 1.54) is 0 Å². The number of carbonyl (C=O) groups is 1. The summed E-state index contributed by atoms with van der Waals surface area (Å²) in [5, 5.41) is 8.27. The van der Waals surface area contributed by atoms with E-state index in [9.17, 15) is 13.2 Å². The van der Waals surface area contributed by atoms with Crippen LogP contribution in [0.1, 0.15) is 20.3 Å². The number of benzene rings is 2. The van der Waals surface area contributed by atoms with Gasteiger partial charge in [-0.25, -0.2) is 13.2 Å². The van der Waals surface area contributed by atoms with Gasteiger partial charge in [0.05, 0.1) is 22.0 Å². The molecule has 0 amide bonds. The predicted molar refractivity (Wildman–Crippen MR) is 115 cm³/mol. The maximum atomic E-state index is 12.4. The minimum absolute atomic E-state index is 0.114. The molecule has 0 spiro atoms. The summed E-state index contributed by atoms with van der Waals surface area (Å²) in [7, 11) is -3.30. The minimum atomic E-state index is -3.30. The van der Waals surface area contributed by atoms with E-state index in [0.717, 1.165) is 12.5 Å². The van der Waals surface area contributed by atoms with Crippen LogP contribution in [-0.4, -0.2) is 33.4 Å². The van der Waals surface area contributed by atoms with Crippen LogP contribution in [0.4, 0.5) is 11.4 Å². The first-order valence-corrected chi connectivity index (χ1v) is 11.3. The Balaban J connectivity index is 1.91. The van der Waals surface area contributed by atoms with E-state index >= 15 is 0 Å². The smallest absolute Gasteiger partial charge is 0.330 e. The highest BCUT2D eigenvalue weighted by Gasteiger charge is 2.17. The van der Waals surface area contributed by atoms with Crippen molar-refractivity contribution in [3.05, 3.63) is 61.2 Å². The molecule has 0 aromatic heterocycles. The second kappa shape index (κ2) is 11.3. The van der Waals surface area contributed by atoms with Gasteiger partial charge in [0.1, 0.15) is 19.0 Å². The molecule has 8 heteroatoms. The molecule has 0 aliphatic rings. The number of sulfone groups is 1. The Labute approximate surface area is 177 Å². The fourth-order valence-corrected chi connectivity index (χ4v) is 4.12. The third kappa shape index (κ3) is 7.44. The van der Waals surface area contributed by atoms with Crippen LogP contribution in [0.5, 0.6) is 5.75 Å². The molecule has 0 radical (unpaired) electrons. The third-order valence-electron chi connectivity index (χ3n) is 4.28. The van der Waals surface area contributed by atoms with E-state index in [0.29, 0.717) is 22.0 Å². The van der Waals surface area contributed by atoms with Crippen LogP contribution in [0.3, 0.4) is 0 Å². The molecule has 2 rings (SSSR count). The average molecular weight is 431 g/mol. The lowest BCUT2D eigenvalue weighted by Crippen LogP contribution is -2.13. The molecule has 0 heterocycles. The molecule has 30 heavy (non-hydrogen) atoms. The lowest BCUT2D eigenvalue weighted by molar-refractivity contribution is -0.138. The molecule has 0 saturated carbocycles. The Morgan fingerprint density at radius 3 is 2.13 bits per heavy atom. The highest BCUT2D eigenvalue weighted by atomic mass is 32.2. The van der Waals surface area contributed by atoms with Crippen LogP contribution in [0, 0.1) is 5.92 Å². The van der Waals surface area contributed by atoms with E-state index in [1.807, 2.05) is 13.8 Å². The first-order valence-electron chi connectivity index (χ1n) is 9.60. The molecule has 0 N–H and O–H groups in total. The fourth-order valence-electron chi connectivity index (χ4n) is 2.39. The van der Waals surface area contributed by atoms with Gasteiger partial charge >= 0.3 is 5.97 Å². The topological polar surface area (TPSA) is 94.4 Å². The van der Waals surface area contributed by atoms with Gasteiger partial charge in [0.2, 0.25) is 0 Å². The molecule has 0 bridgehead atoms. The standard InChI is InChI=1S/C22H26N2O5S/c1-4-17(3)16-30(26,27)21-12-8-19(9-13-21)24-23-18-6-10-20(11-7-18)28-14-15-29-22(25)5-2/h5-13,17H,2,4,14-16H2,1,3H3/b24-23+/t17-/m1/s1. The van der Waals surface area contributed by atoms with E-state index in [4.69, 9.17) is 9.47 Å². The van der Waals surface area contributed by atoms with Crippen molar-refractivity contribution in [2.45, 2.75) is 25.2 Å². The molecular formula is C22H26N2O5S. The quantitative estimate of drug-likeness (QED) is 0.216. The van der Waals surface area contributed by atoms with E-state index in [-0.39, 0.29) is 24.9 Å². The van der Waals surface area contributed by atoms with Crippen LogP contribution in [0.15, 0.2) is 76.3 Å². The third-order valence-corrected chi connectivity index (χ3v) is 6.28. The van der Waals surface area contributed by atoms with Gasteiger partial charge in [-0.1, -0.05) is 26.8 Å². The first-order chi connectivity index (χ1) is 14.3. The number of carbonyl (C=O) groups excluding carboxylic acids is 1. The van der Waals surface area contributed by atoms with Crippen LogP contribution >= 0.6 is 0 Å². The predicted octanol–water partition coefficient (Wildman–Crippen LogP) is 5.03. The summed E-state index contributed by atoms with van der Waals surface area (Å²) in [6.45, 7) is 7.58. The number of hydrogen-bond acceptors (Lipinski definition) is 7. The molecule has 1 atom stereocenters. The Bertz CT molecular complexity index is 968. The van der Waals surface area contributed by atoms with E-state index < -0.39 is 15.8 Å². The SMILES string of the molecule is C=CC(=O)OCCOc1ccc(/N=N/c2ccc(S(=O)(=O)C[C@H](C)CC)cc2)cc1. The maximum Gasteiger partial charge on any atom is 0.330 e. The van der Waals surface area contributed by atoms with E-state index in [2.05, 4.69) is 16.8 Å². The van der Waals surface area contributed by atoms with Crippen molar-refractivity contribution < 1.29 is 22.7 Å². The normalized spacial score (nSPS) is 12.5. The van der Waals surface area contributed by atoms with Crippen LogP contribution < -0.4 is 4.74 Å². The lowest BCUT2D eigenvalue weighted by Gasteiger charge is -2.09. The average Bonchev–Trinajstić information content (AvgIpc) is 2.75. The Morgan fingerprint density at radius 2 is 1.60 bits per heavy atom. The largest absolute Gasteiger partial charge is 0.490 e. The van der Waals surface area contributed by atoms with Crippen molar-refractivity contribution in [3.63, 3.8) is 0 Å². The van der Waals surface area contributed by atoms with Crippen molar-refractivity contribution in [2.75, 3.05) is 19.0 Å². The number of nitrogens with zero attached hydrogens (tertiary/aromatic N) is 2. The molecule has 7 nitrogen and oxygen atoms in total. The molecule has 2 aromatic carbocycles. The van der Waals surface area contributed by atoms with Crippen molar-refractivity contribution in [3.8, 4) is 5.75 Å². The van der Waals surface area contributed by atoms with Crippen molar-refractivity contribution in [1.82, 2.24) is 0 Å². The van der Waals surface area contributed by atoms with Gasteiger partial charge in [0.15, 0.2) is 9.84 Å². The van der Waals surface area contributed by atoms with Gasteiger partial charge in [0.25, 0.3) is 0 Å². The molecule has 0 unspecified atom stereocenters. The summed E-state index contributed by atoms with van der Waals surface area (Å²) in [4.78, 5) is 11.2. The van der Waals surface area contributed by atoms with Gasteiger partial charge in [-0.3, -0.25) is 0 Å². The molecule has 0 saturated heterocycles. The molecule has 0 aliphatic carbocycles. The Morgan fingerprint density at radius 1 is 1.03 bits per heavy atom. The number of esters is 1. The minimum Gasteiger partial charge on any atom is -0.490 e. The number of rotatable bonds is 11. The summed E-state index contributed by atoms with van der Waals surface area (Å²) in [5.74, 6) is 0.369. The summed E-state index contributed by atoms with van der Waals surface area (Å²) in [6.07, 6.45) is 1.91. The zero-order chi connectivity index (χ0) is 22.0. The van der Waals surface area contributed by atoms with Crippen LogP contribution in [0.25, 0.3) is 0 Å². The molecule has 2 aromatic rings. The summed E-state index contributed by atoms with van der Waals surface area (Å²) >= 11 is 0. The van der Waals surface area contributed by atoms with Crippen LogP contribution in [-0.2, 0) is 19.4 Å². The molecule has 0 aliphatic heterocycles. The second-order valence-corrected chi connectivity index (χ2v) is 8.74. The monoisotopic (exact) mass is 430 g/mol. The van der Waals surface area contributed by atoms with Gasteiger partial charge in [-0.05, 0) is 54.4 Å². The zero-order valence-corrected chi connectivity index (χ0v) is 18.0. The molecule has 160 valence electrons. The van der Waals surface area contributed by atoms with Crippen molar-refractivity contribution in [2.24, 2.45) is 16.1 Å². The van der Waals surface area contributed by atoms with E-state index in [1.54, 1.807) is 48.5 Å². The lowest BCUT2D eigenvalue weighted by atomic mass is 10.2. The number of azo groups is 1. The van der Waals surface area contributed by atoms with Gasteiger partial charge in [-0.15, -0.1) is 0 Å². The fraction of sp³-hybridized carbons (Fsp3) is 0.318. The van der Waals surface area contributed by atoms with Gasteiger partial charge < -0.3 is 9.47 Å². The van der Waals surface area contributed by atoms with Crippen molar-refractivity contribution in [1.29, 1.82) is 0 Å². The summed E-state index contributed by atoms with van der Waals surface area (Å²) in [5.41, 5.74) is 1.18. The highest BCUT2D eigenvalue weighted by Crippen LogP contribution is 2.23. The molecular weight excluding hydrogens is 404 g/mol. The number of hydrogen-bond donors (Lipinski definition) is 0. The summed E-state index contributed by atoms with van der Waals surface area (Å²) < 4.78 is 35.0.